The maximum Gasteiger partial charge on any atom is 0.138 e. The Morgan fingerprint density at radius 3 is 2.87 bits per heavy atom. The lowest BCUT2D eigenvalue weighted by Gasteiger charge is -2.25. The number of hydrogen-bond donors (Lipinski definition) is 0. The lowest BCUT2D eigenvalue weighted by atomic mass is 10.0. The Bertz CT molecular complexity index is 243. The fourth-order valence-electron chi connectivity index (χ4n) is 1.68. The third kappa shape index (κ3) is 4.43. The van der Waals surface area contributed by atoms with E-state index in [9.17, 15) is 4.79 Å². The smallest absolute Gasteiger partial charge is 0.138 e. The van der Waals surface area contributed by atoms with E-state index >= 15 is 0 Å². The van der Waals surface area contributed by atoms with Gasteiger partial charge in [0.2, 0.25) is 0 Å². The summed E-state index contributed by atoms with van der Waals surface area (Å²) in [6, 6.07) is 0. The van der Waals surface area contributed by atoms with Gasteiger partial charge < -0.3 is 4.74 Å². The number of carbonyl (C=O) groups is 1. The molecule has 0 aromatic rings. The molecule has 1 aliphatic rings. The van der Waals surface area contributed by atoms with Crippen LogP contribution in [0.4, 0.5) is 0 Å². The van der Waals surface area contributed by atoms with Gasteiger partial charge in [0.25, 0.3) is 0 Å². The monoisotopic (exact) mass is 208 g/mol. The van der Waals surface area contributed by atoms with Gasteiger partial charge in [0.1, 0.15) is 5.78 Å². The highest BCUT2D eigenvalue weighted by atomic mass is 16.5. The van der Waals surface area contributed by atoms with Crippen LogP contribution in [0.2, 0.25) is 0 Å². The molecule has 0 saturated carbocycles. The molecule has 0 bridgehead atoms. The molecule has 2 heteroatoms. The quantitative estimate of drug-likeness (QED) is 0.513. The molecule has 1 heterocycles. The molecule has 15 heavy (non-hydrogen) atoms. The average molecular weight is 208 g/mol. The molecule has 0 aromatic heterocycles. The van der Waals surface area contributed by atoms with Gasteiger partial charge in [0, 0.05) is 12.8 Å². The Labute approximate surface area is 92.0 Å². The average Bonchev–Trinajstić information content (AvgIpc) is 2.23. The summed E-state index contributed by atoms with van der Waals surface area (Å²) in [5, 5.41) is 0. The van der Waals surface area contributed by atoms with Crippen molar-refractivity contribution < 1.29 is 9.53 Å². The first-order chi connectivity index (χ1) is 7.26. The molecule has 2 atom stereocenters. The van der Waals surface area contributed by atoms with Crippen LogP contribution < -0.4 is 0 Å². The molecule has 0 N–H and O–H groups in total. The van der Waals surface area contributed by atoms with E-state index in [0.29, 0.717) is 12.8 Å². The van der Waals surface area contributed by atoms with Crippen LogP contribution in [-0.4, -0.2) is 18.0 Å². The van der Waals surface area contributed by atoms with Crippen molar-refractivity contribution in [3.05, 3.63) is 24.8 Å². The molecular weight excluding hydrogens is 188 g/mol. The lowest BCUT2D eigenvalue weighted by Crippen LogP contribution is -2.30. The van der Waals surface area contributed by atoms with Crippen LogP contribution >= 0.6 is 0 Å². The number of allylic oxidation sites excluding steroid dienone is 1. The highest BCUT2D eigenvalue weighted by molar-refractivity contribution is 5.80. The van der Waals surface area contributed by atoms with Gasteiger partial charge in [-0.15, -0.1) is 6.58 Å². The first-order valence-electron chi connectivity index (χ1n) is 5.72. The zero-order valence-electron chi connectivity index (χ0n) is 9.45. The third-order valence-corrected chi connectivity index (χ3v) is 2.55. The third-order valence-electron chi connectivity index (χ3n) is 2.55. The number of rotatable bonds is 5. The second-order valence-electron chi connectivity index (χ2n) is 3.97. The zero-order chi connectivity index (χ0) is 11.1. The molecule has 0 aliphatic carbocycles. The van der Waals surface area contributed by atoms with Crippen molar-refractivity contribution in [2.75, 3.05) is 0 Å². The minimum atomic E-state index is -0.0907. The summed E-state index contributed by atoms with van der Waals surface area (Å²) in [5.41, 5.74) is 0. The van der Waals surface area contributed by atoms with Gasteiger partial charge in [-0.1, -0.05) is 38.0 Å². The summed E-state index contributed by atoms with van der Waals surface area (Å²) in [4.78, 5) is 11.4. The number of unbranched alkanes of at least 4 members (excludes halogenated alkanes) is 2. The van der Waals surface area contributed by atoms with Gasteiger partial charge in [0.05, 0.1) is 12.2 Å². The van der Waals surface area contributed by atoms with Gasteiger partial charge in [-0.25, -0.2) is 0 Å². The summed E-state index contributed by atoms with van der Waals surface area (Å²) in [5.74, 6) is 0.274. The Kier molecular flexibility index (Phi) is 5.33. The second-order valence-corrected chi connectivity index (χ2v) is 3.97. The zero-order valence-corrected chi connectivity index (χ0v) is 9.45. The van der Waals surface area contributed by atoms with Crippen LogP contribution in [0.25, 0.3) is 0 Å². The van der Waals surface area contributed by atoms with Crippen molar-refractivity contribution in [1.29, 1.82) is 0 Å². The van der Waals surface area contributed by atoms with Crippen molar-refractivity contribution in [3.63, 3.8) is 0 Å². The highest BCUT2D eigenvalue weighted by Gasteiger charge is 2.23. The van der Waals surface area contributed by atoms with Crippen molar-refractivity contribution in [2.45, 2.75) is 51.2 Å². The summed E-state index contributed by atoms with van der Waals surface area (Å²) < 4.78 is 5.66. The summed E-state index contributed by atoms with van der Waals surface area (Å²) >= 11 is 0. The van der Waals surface area contributed by atoms with Gasteiger partial charge >= 0.3 is 0 Å². The van der Waals surface area contributed by atoms with E-state index in [1.807, 2.05) is 6.08 Å². The van der Waals surface area contributed by atoms with Crippen LogP contribution in [0.5, 0.6) is 0 Å². The van der Waals surface area contributed by atoms with Crippen LogP contribution in [0.15, 0.2) is 24.8 Å². The van der Waals surface area contributed by atoms with Crippen LogP contribution in [-0.2, 0) is 9.53 Å². The Hall–Kier alpha value is -0.890. The molecule has 0 spiro atoms. The molecule has 1 fully saturated rings. The molecule has 0 amide bonds. The van der Waals surface area contributed by atoms with Crippen LogP contribution in [0.3, 0.4) is 0 Å². The predicted octanol–water partition coefficient (Wildman–Crippen LogP) is 3.04. The van der Waals surface area contributed by atoms with Gasteiger partial charge in [0.15, 0.2) is 0 Å². The number of Topliss-reactive ketones (excluding diaryl/α,β-unsaturated/α-hetero) is 1. The van der Waals surface area contributed by atoms with Crippen LogP contribution in [0.1, 0.15) is 39.0 Å². The number of hydrogen-bond acceptors (Lipinski definition) is 2. The Morgan fingerprint density at radius 2 is 2.20 bits per heavy atom. The number of ether oxygens (including phenoxy) is 1. The molecule has 0 aromatic carbocycles. The number of carbonyl (C=O) groups excluding carboxylic acids is 1. The van der Waals surface area contributed by atoms with E-state index in [1.165, 1.54) is 12.8 Å². The summed E-state index contributed by atoms with van der Waals surface area (Å²) in [7, 11) is 0. The second kappa shape index (κ2) is 6.57. The topological polar surface area (TPSA) is 26.3 Å². The molecule has 2 nitrogen and oxygen atoms in total. The minimum absolute atomic E-state index is 0.0360. The van der Waals surface area contributed by atoms with E-state index in [0.717, 1.165) is 6.42 Å². The first kappa shape index (κ1) is 12.2. The maximum atomic E-state index is 11.4. The summed E-state index contributed by atoms with van der Waals surface area (Å²) in [6.45, 7) is 5.83. The molecule has 1 rings (SSSR count). The van der Waals surface area contributed by atoms with E-state index in [4.69, 9.17) is 4.74 Å². The maximum absolute atomic E-state index is 11.4. The molecular formula is C13H20O2. The lowest BCUT2D eigenvalue weighted by molar-refractivity contribution is -0.129. The van der Waals surface area contributed by atoms with E-state index < -0.39 is 0 Å². The SMILES string of the molecule is C=C[C@H]1CC(=O)C[C@@H](/C=C/CCCC)O1. The van der Waals surface area contributed by atoms with E-state index in [2.05, 4.69) is 19.6 Å². The molecule has 84 valence electrons. The standard InChI is InChI=1S/C13H20O2/c1-3-5-6-7-8-13-10-11(14)9-12(4-2)15-13/h4,7-8,12-13H,2-3,5-6,9-10H2,1H3/b8-7+/t12-,13+/m0/s1. The Morgan fingerprint density at radius 1 is 1.47 bits per heavy atom. The van der Waals surface area contributed by atoms with Crippen molar-refractivity contribution in [1.82, 2.24) is 0 Å². The molecule has 0 unspecified atom stereocenters. The van der Waals surface area contributed by atoms with E-state index in [-0.39, 0.29) is 18.0 Å². The molecule has 1 aliphatic heterocycles. The minimum Gasteiger partial charge on any atom is -0.366 e. The van der Waals surface area contributed by atoms with Crippen molar-refractivity contribution in [3.8, 4) is 0 Å². The van der Waals surface area contributed by atoms with Crippen molar-refractivity contribution >= 4 is 5.78 Å². The first-order valence-corrected chi connectivity index (χ1v) is 5.72. The molecule has 1 saturated heterocycles. The fourth-order valence-corrected chi connectivity index (χ4v) is 1.68. The van der Waals surface area contributed by atoms with Gasteiger partial charge in [-0.3, -0.25) is 4.79 Å². The normalized spacial score (nSPS) is 27.1. The van der Waals surface area contributed by atoms with Gasteiger partial charge in [-0.05, 0) is 6.42 Å². The predicted molar refractivity (Wildman–Crippen MR) is 61.8 cm³/mol. The van der Waals surface area contributed by atoms with E-state index in [1.54, 1.807) is 6.08 Å². The molecule has 0 radical (unpaired) electrons. The fraction of sp³-hybridized carbons (Fsp3) is 0.615. The summed E-state index contributed by atoms with van der Waals surface area (Å²) in [6.07, 6.45) is 10.2. The van der Waals surface area contributed by atoms with Crippen molar-refractivity contribution in [2.24, 2.45) is 0 Å². The highest BCUT2D eigenvalue weighted by Crippen LogP contribution is 2.18. The van der Waals surface area contributed by atoms with Crippen LogP contribution in [0, 0.1) is 0 Å². The Balaban J connectivity index is 2.37. The number of ketones is 1. The largest absolute Gasteiger partial charge is 0.366 e. The van der Waals surface area contributed by atoms with Gasteiger partial charge in [-0.2, -0.15) is 0 Å².